The molecule has 0 aliphatic heterocycles. The summed E-state index contributed by atoms with van der Waals surface area (Å²) >= 11 is 6.56. The minimum atomic E-state index is -4.76. The minimum absolute atomic E-state index is 0.0852. The second-order valence-electron chi connectivity index (χ2n) is 5.75. The lowest BCUT2D eigenvalue weighted by atomic mass is 10.1. The standard InChI is InChI=1S/C17H11ClF3N3O3S/c18-11-3-1-2-9(6-11)4-5-22-15(25)16-23-12-7-10(17(19,20)21)8-13(24(26)27)14(12)28-16/h1-3,6-8H,4-5H2,(H,22,25). The van der Waals surface area contributed by atoms with E-state index in [9.17, 15) is 28.1 Å². The predicted octanol–water partition coefficient (Wildman–Crippen LogP) is 4.85. The molecule has 0 saturated heterocycles. The van der Waals surface area contributed by atoms with Crippen molar-refractivity contribution in [1.29, 1.82) is 0 Å². The first-order valence-electron chi connectivity index (χ1n) is 7.84. The zero-order valence-corrected chi connectivity index (χ0v) is 15.5. The van der Waals surface area contributed by atoms with Gasteiger partial charge in [-0.15, -0.1) is 11.3 Å². The van der Waals surface area contributed by atoms with Crippen LogP contribution in [-0.2, 0) is 12.6 Å². The first-order valence-corrected chi connectivity index (χ1v) is 9.03. The number of fused-ring (bicyclic) bond motifs is 1. The van der Waals surface area contributed by atoms with Gasteiger partial charge in [0.25, 0.3) is 11.6 Å². The molecule has 1 amide bonds. The number of nitro benzene ring substituents is 1. The molecular weight excluding hydrogens is 419 g/mol. The Hall–Kier alpha value is -2.72. The molecule has 1 heterocycles. The van der Waals surface area contributed by atoms with Crippen LogP contribution in [0, 0.1) is 10.1 Å². The average molecular weight is 430 g/mol. The molecule has 146 valence electrons. The molecule has 6 nitrogen and oxygen atoms in total. The van der Waals surface area contributed by atoms with Gasteiger partial charge in [-0.3, -0.25) is 14.9 Å². The molecule has 3 rings (SSSR count). The fourth-order valence-electron chi connectivity index (χ4n) is 2.50. The molecule has 2 aromatic carbocycles. The maximum atomic E-state index is 12.9. The van der Waals surface area contributed by atoms with Gasteiger partial charge in [-0.2, -0.15) is 13.2 Å². The summed E-state index contributed by atoms with van der Waals surface area (Å²) < 4.78 is 38.7. The Labute approximate surface area is 165 Å². The molecule has 11 heteroatoms. The van der Waals surface area contributed by atoms with E-state index in [1.807, 2.05) is 6.07 Å². The number of amides is 1. The summed E-state index contributed by atoms with van der Waals surface area (Å²) in [4.78, 5) is 26.3. The van der Waals surface area contributed by atoms with E-state index in [0.717, 1.165) is 5.56 Å². The zero-order valence-electron chi connectivity index (χ0n) is 13.9. The van der Waals surface area contributed by atoms with E-state index < -0.39 is 28.3 Å². The third-order valence-corrected chi connectivity index (χ3v) is 5.10. The van der Waals surface area contributed by atoms with Crippen LogP contribution in [0.25, 0.3) is 10.2 Å². The maximum Gasteiger partial charge on any atom is 0.416 e. The van der Waals surface area contributed by atoms with E-state index in [2.05, 4.69) is 10.3 Å². The molecule has 0 radical (unpaired) electrons. The normalized spacial score (nSPS) is 11.6. The topological polar surface area (TPSA) is 85.1 Å². The van der Waals surface area contributed by atoms with Crippen molar-refractivity contribution in [3.63, 3.8) is 0 Å². The van der Waals surface area contributed by atoms with Crippen molar-refractivity contribution in [2.24, 2.45) is 0 Å². The SMILES string of the molecule is O=C(NCCc1cccc(Cl)c1)c1nc2cc(C(F)(F)F)cc([N+](=O)[O-])c2s1. The lowest BCUT2D eigenvalue weighted by Gasteiger charge is -2.05. The van der Waals surface area contributed by atoms with Gasteiger partial charge in [0.15, 0.2) is 5.01 Å². The van der Waals surface area contributed by atoms with Crippen LogP contribution < -0.4 is 5.32 Å². The van der Waals surface area contributed by atoms with Crippen LogP contribution >= 0.6 is 22.9 Å². The van der Waals surface area contributed by atoms with Crippen molar-refractivity contribution in [1.82, 2.24) is 10.3 Å². The third kappa shape index (κ3) is 4.39. The van der Waals surface area contributed by atoms with Crippen molar-refractivity contribution in [3.8, 4) is 0 Å². The summed E-state index contributed by atoms with van der Waals surface area (Å²) in [6.07, 6.45) is -4.28. The van der Waals surface area contributed by atoms with Gasteiger partial charge in [-0.05, 0) is 30.2 Å². The van der Waals surface area contributed by atoms with E-state index in [1.165, 1.54) is 0 Å². The van der Waals surface area contributed by atoms with Crippen molar-refractivity contribution in [2.75, 3.05) is 6.54 Å². The largest absolute Gasteiger partial charge is 0.416 e. The highest BCUT2D eigenvalue weighted by Crippen LogP contribution is 2.38. The molecule has 28 heavy (non-hydrogen) atoms. The van der Waals surface area contributed by atoms with Gasteiger partial charge in [0, 0.05) is 17.6 Å². The Kier molecular flexibility index (Phi) is 5.52. The van der Waals surface area contributed by atoms with Crippen molar-refractivity contribution in [2.45, 2.75) is 12.6 Å². The number of thiazole rings is 1. The molecular formula is C17H11ClF3N3O3S. The Balaban J connectivity index is 1.82. The number of aromatic nitrogens is 1. The number of carbonyl (C=O) groups excluding carboxylic acids is 1. The number of non-ortho nitro benzene ring substituents is 1. The first-order chi connectivity index (χ1) is 13.1. The molecule has 1 aromatic heterocycles. The summed E-state index contributed by atoms with van der Waals surface area (Å²) in [6, 6.07) is 8.20. The zero-order chi connectivity index (χ0) is 20.5. The number of hydrogen-bond donors (Lipinski definition) is 1. The summed E-state index contributed by atoms with van der Waals surface area (Å²) in [5, 5.41) is 14.1. The van der Waals surface area contributed by atoms with Crippen molar-refractivity contribution in [3.05, 3.63) is 67.7 Å². The smallest absolute Gasteiger partial charge is 0.350 e. The Bertz CT molecular complexity index is 1070. The number of nitro groups is 1. The highest BCUT2D eigenvalue weighted by molar-refractivity contribution is 7.20. The van der Waals surface area contributed by atoms with Crippen LogP contribution in [0.15, 0.2) is 36.4 Å². The quantitative estimate of drug-likeness (QED) is 0.464. The number of hydrogen-bond acceptors (Lipinski definition) is 5. The van der Waals surface area contributed by atoms with E-state index in [1.54, 1.807) is 18.2 Å². The van der Waals surface area contributed by atoms with Gasteiger partial charge >= 0.3 is 6.18 Å². The van der Waals surface area contributed by atoms with Crippen LogP contribution in [0.1, 0.15) is 20.9 Å². The van der Waals surface area contributed by atoms with Crippen LogP contribution in [-0.4, -0.2) is 22.4 Å². The number of rotatable bonds is 5. The summed E-state index contributed by atoms with van der Waals surface area (Å²) in [5.41, 5.74) is -1.28. The van der Waals surface area contributed by atoms with E-state index >= 15 is 0 Å². The molecule has 0 bridgehead atoms. The molecule has 0 spiro atoms. The van der Waals surface area contributed by atoms with Gasteiger partial charge in [0.05, 0.1) is 16.0 Å². The highest BCUT2D eigenvalue weighted by Gasteiger charge is 2.34. The predicted molar refractivity (Wildman–Crippen MR) is 98.8 cm³/mol. The van der Waals surface area contributed by atoms with Crippen LogP contribution in [0.5, 0.6) is 0 Å². The van der Waals surface area contributed by atoms with Crippen LogP contribution in [0.4, 0.5) is 18.9 Å². The molecule has 3 aromatic rings. The van der Waals surface area contributed by atoms with E-state index in [4.69, 9.17) is 11.6 Å². The van der Waals surface area contributed by atoms with Crippen molar-refractivity contribution < 1.29 is 22.9 Å². The number of nitrogens with zero attached hydrogens (tertiary/aromatic N) is 2. The number of halogens is 4. The Morgan fingerprint density at radius 2 is 2.04 bits per heavy atom. The second kappa shape index (κ2) is 7.72. The Morgan fingerprint density at radius 3 is 2.68 bits per heavy atom. The number of benzene rings is 2. The fraction of sp³-hybridized carbons (Fsp3) is 0.176. The van der Waals surface area contributed by atoms with Crippen LogP contribution in [0.3, 0.4) is 0 Å². The lowest BCUT2D eigenvalue weighted by Crippen LogP contribution is -2.25. The van der Waals surface area contributed by atoms with Gasteiger partial charge in [-0.25, -0.2) is 4.98 Å². The molecule has 0 fully saturated rings. The molecule has 0 saturated carbocycles. The van der Waals surface area contributed by atoms with Crippen molar-refractivity contribution >= 4 is 44.7 Å². The first kappa shape index (κ1) is 20.0. The summed E-state index contributed by atoms with van der Waals surface area (Å²) in [5.74, 6) is -0.619. The molecule has 0 aliphatic carbocycles. The summed E-state index contributed by atoms with van der Waals surface area (Å²) in [7, 11) is 0. The van der Waals surface area contributed by atoms with E-state index in [-0.39, 0.29) is 21.8 Å². The fourth-order valence-corrected chi connectivity index (χ4v) is 3.66. The molecule has 0 unspecified atom stereocenters. The molecule has 0 atom stereocenters. The van der Waals surface area contributed by atoms with Gasteiger partial charge < -0.3 is 5.32 Å². The second-order valence-corrected chi connectivity index (χ2v) is 7.19. The Morgan fingerprint density at radius 1 is 1.29 bits per heavy atom. The van der Waals surface area contributed by atoms with Gasteiger partial charge in [0.2, 0.25) is 0 Å². The number of nitrogens with one attached hydrogen (secondary N) is 1. The van der Waals surface area contributed by atoms with Gasteiger partial charge in [-0.1, -0.05) is 23.7 Å². The maximum absolute atomic E-state index is 12.9. The highest BCUT2D eigenvalue weighted by atomic mass is 35.5. The average Bonchev–Trinajstić information content (AvgIpc) is 3.04. The molecule has 0 aliphatic rings. The van der Waals surface area contributed by atoms with Gasteiger partial charge in [0.1, 0.15) is 4.70 Å². The van der Waals surface area contributed by atoms with E-state index in [0.29, 0.717) is 34.9 Å². The minimum Gasteiger partial charge on any atom is -0.350 e. The van der Waals surface area contributed by atoms with Crippen LogP contribution in [0.2, 0.25) is 5.02 Å². The molecule has 1 N–H and O–H groups in total. The number of carbonyl (C=O) groups is 1. The number of alkyl halides is 3. The lowest BCUT2D eigenvalue weighted by molar-refractivity contribution is -0.383. The third-order valence-electron chi connectivity index (χ3n) is 3.78. The monoisotopic (exact) mass is 429 g/mol. The summed E-state index contributed by atoms with van der Waals surface area (Å²) in [6.45, 7) is 0.241.